The summed E-state index contributed by atoms with van der Waals surface area (Å²) < 4.78 is 10.4. The molecular formula is C14H20ClNO3. The summed E-state index contributed by atoms with van der Waals surface area (Å²) >= 11 is 5.90. The summed E-state index contributed by atoms with van der Waals surface area (Å²) in [5.41, 5.74) is 0.0628. The van der Waals surface area contributed by atoms with E-state index in [0.717, 1.165) is 0 Å². The van der Waals surface area contributed by atoms with Crippen LogP contribution in [0.1, 0.15) is 24.2 Å². The maximum absolute atomic E-state index is 12.5. The largest absolute Gasteiger partial charge is 0.497 e. The molecule has 1 aromatic rings. The monoisotopic (exact) mass is 285 g/mol. The van der Waals surface area contributed by atoms with Crippen molar-refractivity contribution in [3.8, 4) is 11.5 Å². The topological polar surface area (TPSA) is 38.8 Å². The van der Waals surface area contributed by atoms with Crippen molar-refractivity contribution in [2.75, 3.05) is 27.1 Å². The van der Waals surface area contributed by atoms with Crippen molar-refractivity contribution in [1.29, 1.82) is 0 Å². The van der Waals surface area contributed by atoms with Gasteiger partial charge in [-0.05, 0) is 26.0 Å². The molecular weight excluding hydrogens is 266 g/mol. The number of alkyl halides is 1. The summed E-state index contributed by atoms with van der Waals surface area (Å²) in [5, 5.41) is 0. The van der Waals surface area contributed by atoms with E-state index in [1.54, 1.807) is 37.3 Å². The number of benzene rings is 1. The fraction of sp³-hybridized carbons (Fsp3) is 0.500. The van der Waals surface area contributed by atoms with E-state index in [0.29, 0.717) is 22.9 Å². The third kappa shape index (κ3) is 3.32. The van der Waals surface area contributed by atoms with Crippen molar-refractivity contribution in [2.24, 2.45) is 0 Å². The summed E-state index contributed by atoms with van der Waals surface area (Å²) in [6.07, 6.45) is 0. The van der Waals surface area contributed by atoms with Gasteiger partial charge in [-0.2, -0.15) is 0 Å². The summed E-state index contributed by atoms with van der Waals surface area (Å²) in [4.78, 5) is 14.1. The molecule has 0 spiro atoms. The minimum atomic E-state index is -0.427. The van der Waals surface area contributed by atoms with E-state index in [2.05, 4.69) is 0 Å². The second-order valence-corrected chi connectivity index (χ2v) is 5.14. The lowest BCUT2D eigenvalue weighted by Crippen LogP contribution is -2.46. The van der Waals surface area contributed by atoms with E-state index in [9.17, 15) is 4.79 Å². The van der Waals surface area contributed by atoms with Gasteiger partial charge in [0, 0.05) is 19.0 Å². The number of hydrogen-bond donors (Lipinski definition) is 0. The first-order valence-corrected chi connectivity index (χ1v) is 6.47. The smallest absolute Gasteiger partial charge is 0.257 e. The molecule has 1 aromatic carbocycles. The number of ether oxygens (including phenoxy) is 2. The zero-order valence-electron chi connectivity index (χ0n) is 12.0. The molecule has 1 rings (SSSR count). The van der Waals surface area contributed by atoms with Gasteiger partial charge in [-0.1, -0.05) is 0 Å². The molecule has 0 heterocycles. The van der Waals surface area contributed by atoms with E-state index < -0.39 is 5.54 Å². The van der Waals surface area contributed by atoms with Gasteiger partial charge in [-0.3, -0.25) is 4.79 Å². The van der Waals surface area contributed by atoms with E-state index in [1.807, 2.05) is 13.8 Å². The molecule has 0 saturated heterocycles. The Morgan fingerprint density at radius 1 is 1.32 bits per heavy atom. The van der Waals surface area contributed by atoms with Gasteiger partial charge in [0.05, 0.1) is 25.3 Å². The normalized spacial score (nSPS) is 11.1. The molecule has 0 aliphatic rings. The first-order chi connectivity index (χ1) is 8.87. The van der Waals surface area contributed by atoms with Crippen molar-refractivity contribution >= 4 is 17.5 Å². The molecule has 0 aliphatic carbocycles. The molecule has 0 bridgehead atoms. The Kier molecular flexibility index (Phi) is 5.06. The zero-order valence-corrected chi connectivity index (χ0v) is 12.7. The van der Waals surface area contributed by atoms with Crippen molar-refractivity contribution in [3.63, 3.8) is 0 Å². The van der Waals surface area contributed by atoms with E-state index in [-0.39, 0.29) is 5.91 Å². The van der Waals surface area contributed by atoms with Crippen molar-refractivity contribution in [2.45, 2.75) is 19.4 Å². The molecule has 0 saturated carbocycles. The third-order valence-corrected chi connectivity index (χ3v) is 3.83. The summed E-state index contributed by atoms with van der Waals surface area (Å²) in [5.74, 6) is 1.35. The predicted molar refractivity (Wildman–Crippen MR) is 76.4 cm³/mol. The average molecular weight is 286 g/mol. The van der Waals surface area contributed by atoms with Crippen LogP contribution in [0, 0.1) is 0 Å². The van der Waals surface area contributed by atoms with Gasteiger partial charge in [0.1, 0.15) is 11.5 Å². The van der Waals surface area contributed by atoms with Crippen LogP contribution < -0.4 is 9.47 Å². The van der Waals surface area contributed by atoms with Gasteiger partial charge in [0.2, 0.25) is 0 Å². The number of rotatable bonds is 5. The molecule has 19 heavy (non-hydrogen) atoms. The lowest BCUT2D eigenvalue weighted by atomic mass is 10.0. The van der Waals surface area contributed by atoms with Crippen LogP contribution in [0.4, 0.5) is 0 Å². The van der Waals surface area contributed by atoms with Crippen molar-refractivity contribution in [1.82, 2.24) is 4.90 Å². The maximum Gasteiger partial charge on any atom is 0.257 e. The molecule has 1 amide bonds. The third-order valence-electron chi connectivity index (χ3n) is 3.18. The second-order valence-electron chi connectivity index (χ2n) is 4.88. The quantitative estimate of drug-likeness (QED) is 0.781. The molecule has 0 N–H and O–H groups in total. The van der Waals surface area contributed by atoms with E-state index in [1.165, 1.54) is 7.11 Å². The second kappa shape index (κ2) is 6.15. The highest BCUT2D eigenvalue weighted by Crippen LogP contribution is 2.27. The number of nitrogens with zero attached hydrogens (tertiary/aromatic N) is 1. The molecule has 0 aromatic heterocycles. The molecule has 0 atom stereocenters. The number of hydrogen-bond acceptors (Lipinski definition) is 3. The summed E-state index contributed by atoms with van der Waals surface area (Å²) in [7, 11) is 4.83. The Bertz CT molecular complexity index is 460. The standard InChI is InChI=1S/C14H20ClNO3/c1-14(2,9-15)16(3)13(17)11-7-6-10(18-4)8-12(11)19-5/h6-8H,9H2,1-5H3. The number of halogens is 1. The van der Waals surface area contributed by atoms with Crippen molar-refractivity contribution in [3.05, 3.63) is 23.8 Å². The van der Waals surface area contributed by atoms with Gasteiger partial charge >= 0.3 is 0 Å². The number of carbonyl (C=O) groups is 1. The van der Waals surface area contributed by atoms with Crippen LogP contribution in [0.3, 0.4) is 0 Å². The SMILES string of the molecule is COc1ccc(C(=O)N(C)C(C)(C)CCl)c(OC)c1. The Morgan fingerprint density at radius 3 is 2.42 bits per heavy atom. The molecule has 0 aliphatic heterocycles. The highest BCUT2D eigenvalue weighted by atomic mass is 35.5. The van der Waals surface area contributed by atoms with Crippen LogP contribution in [-0.2, 0) is 0 Å². The molecule has 5 heteroatoms. The number of amides is 1. The Labute approximate surface area is 119 Å². The fourth-order valence-electron chi connectivity index (χ4n) is 1.52. The first-order valence-electron chi connectivity index (χ1n) is 5.93. The molecule has 0 radical (unpaired) electrons. The van der Waals surface area contributed by atoms with Gasteiger partial charge in [-0.25, -0.2) is 0 Å². The van der Waals surface area contributed by atoms with Crippen LogP contribution in [-0.4, -0.2) is 43.5 Å². The van der Waals surface area contributed by atoms with Gasteiger partial charge in [0.25, 0.3) is 5.91 Å². The van der Waals surface area contributed by atoms with Gasteiger partial charge < -0.3 is 14.4 Å². The average Bonchev–Trinajstić information content (AvgIpc) is 2.44. The highest BCUT2D eigenvalue weighted by molar-refractivity contribution is 6.18. The summed E-state index contributed by atoms with van der Waals surface area (Å²) in [6.45, 7) is 3.82. The lowest BCUT2D eigenvalue weighted by Gasteiger charge is -2.34. The minimum Gasteiger partial charge on any atom is -0.497 e. The zero-order chi connectivity index (χ0) is 14.6. The Morgan fingerprint density at radius 2 is 1.95 bits per heavy atom. The van der Waals surface area contributed by atoms with Crippen LogP contribution in [0.25, 0.3) is 0 Å². The highest BCUT2D eigenvalue weighted by Gasteiger charge is 2.29. The molecule has 0 unspecified atom stereocenters. The lowest BCUT2D eigenvalue weighted by molar-refractivity contribution is 0.0657. The molecule has 0 fully saturated rings. The minimum absolute atomic E-state index is 0.134. The van der Waals surface area contributed by atoms with Crippen molar-refractivity contribution < 1.29 is 14.3 Å². The van der Waals surface area contributed by atoms with Crippen LogP contribution in [0.15, 0.2) is 18.2 Å². The van der Waals surface area contributed by atoms with E-state index in [4.69, 9.17) is 21.1 Å². The molecule has 106 valence electrons. The first kappa shape index (κ1) is 15.6. The Balaban J connectivity index is 3.12. The fourth-order valence-corrected chi connectivity index (χ4v) is 1.70. The Hall–Kier alpha value is -1.42. The number of carbonyl (C=O) groups excluding carboxylic acids is 1. The predicted octanol–water partition coefficient (Wildman–Crippen LogP) is 2.79. The van der Waals surface area contributed by atoms with Gasteiger partial charge in [-0.15, -0.1) is 11.6 Å². The maximum atomic E-state index is 12.5. The van der Waals surface area contributed by atoms with Crippen LogP contribution >= 0.6 is 11.6 Å². The number of methoxy groups -OCH3 is 2. The molecule has 4 nitrogen and oxygen atoms in total. The van der Waals surface area contributed by atoms with Gasteiger partial charge in [0.15, 0.2) is 0 Å². The summed E-state index contributed by atoms with van der Waals surface area (Å²) in [6, 6.07) is 5.12. The van der Waals surface area contributed by atoms with E-state index >= 15 is 0 Å². The van der Waals surface area contributed by atoms with Crippen LogP contribution in [0.5, 0.6) is 11.5 Å². The van der Waals surface area contributed by atoms with Crippen LogP contribution in [0.2, 0.25) is 0 Å².